The average Bonchev–Trinajstić information content (AvgIpc) is 3.32. The molecule has 0 saturated carbocycles. The Morgan fingerprint density at radius 2 is 1.59 bits per heavy atom. The molecule has 0 aliphatic heterocycles. The summed E-state index contributed by atoms with van der Waals surface area (Å²) >= 11 is 0. The van der Waals surface area contributed by atoms with Crippen LogP contribution in [0.3, 0.4) is 0 Å². The van der Waals surface area contributed by atoms with Gasteiger partial charge < -0.3 is 20.5 Å². The third-order valence-corrected chi connectivity index (χ3v) is 6.05. The molecule has 9 nitrogen and oxygen atoms in total. The van der Waals surface area contributed by atoms with Crippen LogP contribution in [0.4, 0.5) is 28.4 Å². The number of H-pyrrole nitrogens is 1. The van der Waals surface area contributed by atoms with Gasteiger partial charge in [0.05, 0.1) is 29.3 Å². The zero-order valence-electron chi connectivity index (χ0n) is 20.7. The Kier molecular flexibility index (Phi) is 5.57. The lowest BCUT2D eigenvalue weighted by molar-refractivity contribution is 1.13. The number of imidazole rings is 1. The van der Waals surface area contributed by atoms with Gasteiger partial charge in [0.2, 0.25) is 0 Å². The van der Waals surface area contributed by atoms with Gasteiger partial charge in [0.15, 0.2) is 11.5 Å². The van der Waals surface area contributed by atoms with Crippen molar-refractivity contribution >= 4 is 50.5 Å². The topological polar surface area (TPSA) is 108 Å². The summed E-state index contributed by atoms with van der Waals surface area (Å²) in [6, 6.07) is 18.0. The Morgan fingerprint density at radius 1 is 0.730 bits per heavy atom. The van der Waals surface area contributed by atoms with Crippen molar-refractivity contribution in [1.82, 2.24) is 29.9 Å². The average molecular weight is 488 g/mol. The predicted molar refractivity (Wildman–Crippen MR) is 149 cm³/mol. The van der Waals surface area contributed by atoms with E-state index >= 15 is 0 Å². The van der Waals surface area contributed by atoms with Gasteiger partial charge >= 0.3 is 0 Å². The molecule has 0 saturated heterocycles. The maximum absolute atomic E-state index is 4.72. The number of hydrogen-bond donors (Lipinski definition) is 3. The molecule has 0 aliphatic carbocycles. The van der Waals surface area contributed by atoms with Crippen molar-refractivity contribution in [2.45, 2.75) is 6.92 Å². The molecule has 0 aliphatic rings. The number of nitrogens with one attached hydrogen (secondary N) is 3. The SMILES string of the molecule is Cc1cc(Nc2cnc3[nH]c(-c4ccc(Nc5ccnc6ccc(N(C)C)cc56)cn4)nc3c2)ccn1. The summed E-state index contributed by atoms with van der Waals surface area (Å²) in [6.45, 7) is 1.96. The molecular formula is C28H25N9. The Balaban J connectivity index is 1.24. The first kappa shape index (κ1) is 22.4. The summed E-state index contributed by atoms with van der Waals surface area (Å²) in [5, 5.41) is 7.88. The van der Waals surface area contributed by atoms with Crippen LogP contribution in [0.2, 0.25) is 0 Å². The maximum atomic E-state index is 4.72. The number of aryl methyl sites for hydroxylation is 1. The number of fused-ring (bicyclic) bond motifs is 2. The molecule has 5 heterocycles. The zero-order valence-corrected chi connectivity index (χ0v) is 20.7. The van der Waals surface area contributed by atoms with Crippen LogP contribution in [0.25, 0.3) is 33.6 Å². The van der Waals surface area contributed by atoms with Crippen molar-refractivity contribution in [2.75, 3.05) is 29.6 Å². The molecule has 0 unspecified atom stereocenters. The fourth-order valence-corrected chi connectivity index (χ4v) is 4.16. The van der Waals surface area contributed by atoms with E-state index in [9.17, 15) is 0 Å². The van der Waals surface area contributed by atoms with E-state index in [1.165, 1.54) is 0 Å². The van der Waals surface area contributed by atoms with E-state index in [0.29, 0.717) is 11.5 Å². The Morgan fingerprint density at radius 3 is 2.41 bits per heavy atom. The predicted octanol–water partition coefficient (Wildman–Crippen LogP) is 5.82. The molecule has 9 heteroatoms. The standard InChI is InChI=1S/C28H25N9/c1-17-12-18(8-10-29-17)33-20-13-26-27(32-16-20)36-28(35-26)25-6-4-19(15-31-25)34-24-9-11-30-23-7-5-21(37(2)3)14-22(23)24/h4-16H,1-3H3,(H,29,33)(H,30,34)(H,32,35,36). The Bertz CT molecular complexity index is 1720. The minimum absolute atomic E-state index is 0.663. The van der Waals surface area contributed by atoms with E-state index in [4.69, 9.17) is 4.98 Å². The monoisotopic (exact) mass is 487 g/mol. The summed E-state index contributed by atoms with van der Waals surface area (Å²) in [6.07, 6.45) is 7.17. The van der Waals surface area contributed by atoms with Gasteiger partial charge in [0, 0.05) is 54.6 Å². The van der Waals surface area contributed by atoms with Gasteiger partial charge in [-0.15, -0.1) is 0 Å². The molecule has 182 valence electrons. The van der Waals surface area contributed by atoms with Crippen LogP contribution in [0, 0.1) is 6.92 Å². The van der Waals surface area contributed by atoms with E-state index in [1.807, 2.05) is 69.7 Å². The van der Waals surface area contributed by atoms with Gasteiger partial charge in [0.25, 0.3) is 0 Å². The summed E-state index contributed by atoms with van der Waals surface area (Å²) in [7, 11) is 4.06. The second kappa shape index (κ2) is 9.19. The van der Waals surface area contributed by atoms with Crippen molar-refractivity contribution in [2.24, 2.45) is 0 Å². The Labute approximate surface area is 213 Å². The first-order valence-electron chi connectivity index (χ1n) is 11.9. The molecule has 0 spiro atoms. The van der Waals surface area contributed by atoms with Crippen LogP contribution in [0.1, 0.15) is 5.69 Å². The smallest absolute Gasteiger partial charge is 0.158 e. The Hall–Kier alpha value is -5.05. The number of anilines is 5. The number of benzene rings is 1. The molecule has 0 atom stereocenters. The van der Waals surface area contributed by atoms with Crippen LogP contribution >= 0.6 is 0 Å². The highest BCUT2D eigenvalue weighted by Crippen LogP contribution is 2.29. The highest BCUT2D eigenvalue weighted by molar-refractivity contribution is 5.95. The molecule has 0 bridgehead atoms. The first-order chi connectivity index (χ1) is 18.0. The van der Waals surface area contributed by atoms with Crippen LogP contribution in [-0.2, 0) is 0 Å². The minimum atomic E-state index is 0.663. The zero-order chi connectivity index (χ0) is 25.4. The van der Waals surface area contributed by atoms with Crippen molar-refractivity contribution in [1.29, 1.82) is 0 Å². The van der Waals surface area contributed by atoms with Gasteiger partial charge in [-0.25, -0.2) is 9.97 Å². The third-order valence-electron chi connectivity index (χ3n) is 6.05. The van der Waals surface area contributed by atoms with Crippen molar-refractivity contribution in [3.8, 4) is 11.5 Å². The van der Waals surface area contributed by atoms with Gasteiger partial charge in [0.1, 0.15) is 11.2 Å². The molecular weight excluding hydrogens is 462 g/mol. The minimum Gasteiger partial charge on any atom is -0.378 e. The van der Waals surface area contributed by atoms with Gasteiger partial charge in [-0.05, 0) is 61.5 Å². The van der Waals surface area contributed by atoms with Crippen molar-refractivity contribution < 1.29 is 0 Å². The number of pyridine rings is 4. The summed E-state index contributed by atoms with van der Waals surface area (Å²) in [5.74, 6) is 0.663. The molecule has 6 rings (SSSR count). The number of hydrogen-bond acceptors (Lipinski definition) is 8. The molecule has 37 heavy (non-hydrogen) atoms. The van der Waals surface area contributed by atoms with E-state index in [2.05, 4.69) is 52.6 Å². The van der Waals surface area contributed by atoms with E-state index < -0.39 is 0 Å². The molecule has 1 aromatic carbocycles. The first-order valence-corrected chi connectivity index (χ1v) is 11.9. The van der Waals surface area contributed by atoms with Crippen molar-refractivity contribution in [3.63, 3.8) is 0 Å². The highest BCUT2D eigenvalue weighted by atomic mass is 15.1. The number of aromatic amines is 1. The number of rotatable bonds is 6. The van der Waals surface area contributed by atoms with Gasteiger partial charge in [-0.2, -0.15) is 0 Å². The van der Waals surface area contributed by atoms with Crippen molar-refractivity contribution in [3.05, 3.63) is 85.1 Å². The fraction of sp³-hybridized carbons (Fsp3) is 0.107. The summed E-state index contributed by atoms with van der Waals surface area (Å²) in [4.78, 5) is 27.9. The van der Waals surface area contributed by atoms with E-state index in [-0.39, 0.29) is 0 Å². The van der Waals surface area contributed by atoms with Crippen LogP contribution in [0.5, 0.6) is 0 Å². The maximum Gasteiger partial charge on any atom is 0.158 e. The van der Waals surface area contributed by atoms with E-state index in [1.54, 1.807) is 18.6 Å². The molecule has 0 fully saturated rings. The molecule has 0 amide bonds. The fourth-order valence-electron chi connectivity index (χ4n) is 4.16. The highest BCUT2D eigenvalue weighted by Gasteiger charge is 2.10. The lowest BCUT2D eigenvalue weighted by Gasteiger charge is -2.15. The molecule has 3 N–H and O–H groups in total. The second-order valence-corrected chi connectivity index (χ2v) is 9.00. The number of nitrogens with zero attached hydrogens (tertiary/aromatic N) is 6. The van der Waals surface area contributed by atoms with Crippen LogP contribution in [-0.4, -0.2) is 44.0 Å². The number of aromatic nitrogens is 6. The van der Waals surface area contributed by atoms with Gasteiger partial charge in [-0.1, -0.05) is 0 Å². The largest absolute Gasteiger partial charge is 0.378 e. The third kappa shape index (κ3) is 4.62. The lowest BCUT2D eigenvalue weighted by atomic mass is 10.1. The molecule has 0 radical (unpaired) electrons. The summed E-state index contributed by atoms with van der Waals surface area (Å²) in [5.41, 5.74) is 8.84. The summed E-state index contributed by atoms with van der Waals surface area (Å²) < 4.78 is 0. The second-order valence-electron chi connectivity index (χ2n) is 9.00. The quantitative estimate of drug-likeness (QED) is 0.270. The van der Waals surface area contributed by atoms with E-state index in [0.717, 1.165) is 56.2 Å². The lowest BCUT2D eigenvalue weighted by Crippen LogP contribution is -2.08. The van der Waals surface area contributed by atoms with Crippen LogP contribution < -0.4 is 15.5 Å². The molecule has 5 aromatic heterocycles. The van der Waals surface area contributed by atoms with Gasteiger partial charge in [-0.3, -0.25) is 15.0 Å². The normalized spacial score (nSPS) is 11.1. The molecule has 6 aromatic rings. The van der Waals surface area contributed by atoms with Crippen LogP contribution in [0.15, 0.2) is 79.4 Å².